The molecule has 0 radical (unpaired) electrons. The molecule has 9 heteroatoms. The van der Waals surface area contributed by atoms with Crippen LogP contribution in [0.4, 0.5) is 13.2 Å². The van der Waals surface area contributed by atoms with Crippen LogP contribution in [-0.4, -0.2) is 26.6 Å². The van der Waals surface area contributed by atoms with Crippen LogP contribution in [0.2, 0.25) is 5.02 Å². The van der Waals surface area contributed by atoms with Crippen LogP contribution in [0, 0.1) is 0 Å². The topological polar surface area (TPSA) is 60.4 Å². The molecular weight excluding hydrogens is 405 g/mol. The average molecular weight is 421 g/mol. The second kappa shape index (κ2) is 7.90. The molecule has 0 aliphatic carbocycles. The number of hydrogen-bond donors (Lipinski definition) is 0. The molecule has 0 saturated heterocycles. The summed E-state index contributed by atoms with van der Waals surface area (Å²) in [5, 5.41) is -0.0449. The smallest absolute Gasteiger partial charge is 0.416 e. The zero-order chi connectivity index (χ0) is 20.4. The standard InChI is InChI=1S/C18H16ClF3O4S/c1-3-27(24,25)13-5-6-14(16(19)9-13)15-8-12(18(20,21)22)4-7-17(15)26-10-11(2)23/h4-9H,3,10H2,1-2H3. The van der Waals surface area contributed by atoms with E-state index in [1.165, 1.54) is 32.0 Å². The number of halogens is 4. The summed E-state index contributed by atoms with van der Waals surface area (Å²) in [6.45, 7) is 2.43. The predicted octanol–water partition coefficient (Wildman–Crippen LogP) is 4.79. The maximum atomic E-state index is 13.1. The number of hydrogen-bond acceptors (Lipinski definition) is 4. The molecule has 0 aliphatic heterocycles. The van der Waals surface area contributed by atoms with Gasteiger partial charge < -0.3 is 4.74 Å². The minimum Gasteiger partial charge on any atom is -0.485 e. The molecule has 0 N–H and O–H groups in total. The van der Waals surface area contributed by atoms with Crippen LogP contribution in [-0.2, 0) is 20.8 Å². The van der Waals surface area contributed by atoms with E-state index >= 15 is 0 Å². The van der Waals surface area contributed by atoms with Gasteiger partial charge in [0.15, 0.2) is 15.6 Å². The van der Waals surface area contributed by atoms with E-state index in [2.05, 4.69) is 0 Å². The number of benzene rings is 2. The Morgan fingerprint density at radius 1 is 1.11 bits per heavy atom. The number of rotatable bonds is 6. The molecule has 0 fully saturated rings. The lowest BCUT2D eigenvalue weighted by molar-refractivity contribution is -0.137. The van der Waals surface area contributed by atoms with E-state index in [-0.39, 0.29) is 44.9 Å². The van der Waals surface area contributed by atoms with Crippen molar-refractivity contribution in [1.29, 1.82) is 0 Å². The minimum atomic E-state index is -4.59. The fraction of sp³-hybridized carbons (Fsp3) is 0.278. The van der Waals surface area contributed by atoms with Crippen LogP contribution in [0.1, 0.15) is 19.4 Å². The molecule has 0 saturated carbocycles. The van der Waals surface area contributed by atoms with E-state index in [4.69, 9.17) is 16.3 Å². The van der Waals surface area contributed by atoms with Gasteiger partial charge in [-0.1, -0.05) is 24.6 Å². The highest BCUT2D eigenvalue weighted by molar-refractivity contribution is 7.91. The molecule has 0 amide bonds. The Kier molecular flexibility index (Phi) is 6.21. The van der Waals surface area contributed by atoms with Crippen molar-refractivity contribution in [2.75, 3.05) is 12.4 Å². The number of carbonyl (C=O) groups is 1. The predicted molar refractivity (Wildman–Crippen MR) is 95.8 cm³/mol. The van der Waals surface area contributed by atoms with Gasteiger partial charge in [0.1, 0.15) is 12.4 Å². The van der Waals surface area contributed by atoms with Gasteiger partial charge in [-0.25, -0.2) is 8.42 Å². The summed E-state index contributed by atoms with van der Waals surface area (Å²) < 4.78 is 68.5. The third-order valence-corrected chi connectivity index (χ3v) is 5.75. The molecule has 0 aromatic heterocycles. The van der Waals surface area contributed by atoms with Crippen molar-refractivity contribution >= 4 is 27.2 Å². The molecule has 0 atom stereocenters. The maximum absolute atomic E-state index is 13.1. The molecule has 2 aromatic rings. The third kappa shape index (κ3) is 5.01. The molecule has 27 heavy (non-hydrogen) atoms. The molecule has 0 unspecified atom stereocenters. The van der Waals surface area contributed by atoms with E-state index in [9.17, 15) is 26.4 Å². The van der Waals surface area contributed by atoms with Crippen molar-refractivity contribution in [3.63, 3.8) is 0 Å². The maximum Gasteiger partial charge on any atom is 0.416 e. The van der Waals surface area contributed by atoms with Crippen LogP contribution in [0.3, 0.4) is 0 Å². The fourth-order valence-electron chi connectivity index (χ4n) is 2.30. The Bertz CT molecular complexity index is 969. The Morgan fingerprint density at radius 3 is 2.30 bits per heavy atom. The molecule has 4 nitrogen and oxygen atoms in total. The van der Waals surface area contributed by atoms with Gasteiger partial charge in [0.25, 0.3) is 0 Å². The zero-order valence-electron chi connectivity index (χ0n) is 14.4. The summed E-state index contributed by atoms with van der Waals surface area (Å²) in [7, 11) is -3.52. The Labute approximate surface area is 159 Å². The molecular formula is C18H16ClF3O4S. The lowest BCUT2D eigenvalue weighted by Gasteiger charge is -2.16. The number of ketones is 1. The van der Waals surface area contributed by atoms with Crippen LogP contribution >= 0.6 is 11.6 Å². The number of ether oxygens (including phenoxy) is 1. The Balaban J connectivity index is 2.62. The Morgan fingerprint density at radius 2 is 1.78 bits per heavy atom. The molecule has 0 bridgehead atoms. The Hall–Kier alpha value is -2.06. The van der Waals surface area contributed by atoms with Gasteiger partial charge in [-0.2, -0.15) is 13.2 Å². The number of sulfone groups is 1. The van der Waals surface area contributed by atoms with Crippen molar-refractivity contribution in [3.8, 4) is 16.9 Å². The normalized spacial score (nSPS) is 12.1. The quantitative estimate of drug-likeness (QED) is 0.674. The van der Waals surface area contributed by atoms with E-state index in [0.717, 1.165) is 18.2 Å². The first-order chi connectivity index (χ1) is 12.5. The van der Waals surface area contributed by atoms with Gasteiger partial charge in [-0.15, -0.1) is 0 Å². The highest BCUT2D eigenvalue weighted by atomic mass is 35.5. The van der Waals surface area contributed by atoms with Gasteiger partial charge in [-0.05, 0) is 37.3 Å². The van der Waals surface area contributed by atoms with Gasteiger partial charge in [0.2, 0.25) is 0 Å². The zero-order valence-corrected chi connectivity index (χ0v) is 16.0. The van der Waals surface area contributed by atoms with Crippen LogP contribution in [0.25, 0.3) is 11.1 Å². The van der Waals surface area contributed by atoms with Crippen LogP contribution in [0.5, 0.6) is 5.75 Å². The second-order valence-electron chi connectivity index (χ2n) is 5.74. The van der Waals surface area contributed by atoms with Crippen molar-refractivity contribution in [2.45, 2.75) is 24.9 Å². The molecule has 2 rings (SSSR count). The lowest BCUT2D eigenvalue weighted by atomic mass is 10.0. The van der Waals surface area contributed by atoms with Gasteiger partial charge >= 0.3 is 6.18 Å². The van der Waals surface area contributed by atoms with Gasteiger partial charge in [0, 0.05) is 16.1 Å². The van der Waals surface area contributed by atoms with Crippen molar-refractivity contribution in [3.05, 3.63) is 47.0 Å². The van der Waals surface area contributed by atoms with Crippen LogP contribution in [0.15, 0.2) is 41.3 Å². The second-order valence-corrected chi connectivity index (χ2v) is 8.43. The summed E-state index contributed by atoms with van der Waals surface area (Å²) in [4.78, 5) is 11.1. The summed E-state index contributed by atoms with van der Waals surface area (Å²) in [5.41, 5.74) is -0.748. The summed E-state index contributed by atoms with van der Waals surface area (Å²) in [6.07, 6.45) is -4.59. The van der Waals surface area contributed by atoms with Crippen molar-refractivity contribution < 1.29 is 31.1 Å². The first kappa shape index (κ1) is 21.2. The van der Waals surface area contributed by atoms with E-state index in [1.54, 1.807) is 0 Å². The highest BCUT2D eigenvalue weighted by Gasteiger charge is 2.31. The number of Topliss-reactive ketones (excluding diaryl/α,β-unsaturated/α-hetero) is 1. The average Bonchev–Trinajstić information content (AvgIpc) is 2.59. The number of alkyl halides is 3. The lowest BCUT2D eigenvalue weighted by Crippen LogP contribution is -2.09. The van der Waals surface area contributed by atoms with Gasteiger partial charge in [0.05, 0.1) is 16.2 Å². The van der Waals surface area contributed by atoms with E-state index in [1.807, 2.05) is 0 Å². The SMILES string of the molecule is CCS(=O)(=O)c1ccc(-c2cc(C(F)(F)F)ccc2OCC(C)=O)c(Cl)c1. The van der Waals surface area contributed by atoms with E-state index in [0.29, 0.717) is 0 Å². The van der Waals surface area contributed by atoms with Crippen LogP contribution < -0.4 is 4.74 Å². The largest absolute Gasteiger partial charge is 0.485 e. The molecule has 0 spiro atoms. The summed E-state index contributed by atoms with van der Waals surface area (Å²) in [6, 6.07) is 6.57. The minimum absolute atomic E-state index is 0.0107. The molecule has 2 aromatic carbocycles. The molecule has 0 heterocycles. The molecule has 146 valence electrons. The fourth-order valence-corrected chi connectivity index (χ4v) is 3.55. The first-order valence-corrected chi connectivity index (χ1v) is 9.85. The van der Waals surface area contributed by atoms with Gasteiger partial charge in [-0.3, -0.25) is 4.79 Å². The first-order valence-electron chi connectivity index (χ1n) is 7.82. The highest BCUT2D eigenvalue weighted by Crippen LogP contribution is 2.40. The third-order valence-electron chi connectivity index (χ3n) is 3.71. The summed E-state index contributed by atoms with van der Waals surface area (Å²) in [5.74, 6) is -0.415. The van der Waals surface area contributed by atoms with E-state index < -0.39 is 21.6 Å². The summed E-state index contributed by atoms with van der Waals surface area (Å²) >= 11 is 6.16. The monoisotopic (exact) mass is 420 g/mol. The number of carbonyl (C=O) groups excluding carboxylic acids is 1. The van der Waals surface area contributed by atoms with Crippen molar-refractivity contribution in [2.24, 2.45) is 0 Å². The van der Waals surface area contributed by atoms with Crippen molar-refractivity contribution in [1.82, 2.24) is 0 Å². The molecule has 0 aliphatic rings.